The number of nitrogens with zero attached hydrogens (tertiary/aromatic N) is 1. The van der Waals surface area contributed by atoms with Crippen LogP contribution in [0.4, 0.5) is 4.39 Å². The van der Waals surface area contributed by atoms with Gasteiger partial charge >= 0.3 is 0 Å². The van der Waals surface area contributed by atoms with Crippen LogP contribution in [0.2, 0.25) is 5.02 Å². The second-order valence-corrected chi connectivity index (χ2v) is 5.88. The van der Waals surface area contributed by atoms with Gasteiger partial charge in [0.2, 0.25) is 5.91 Å². The van der Waals surface area contributed by atoms with E-state index < -0.39 is 5.82 Å². The second kappa shape index (κ2) is 8.44. The van der Waals surface area contributed by atoms with Crippen molar-refractivity contribution in [2.75, 3.05) is 14.1 Å². The summed E-state index contributed by atoms with van der Waals surface area (Å²) < 4.78 is 13.1. The molecule has 2 rings (SSSR count). The number of hydrogen-bond acceptors (Lipinski definition) is 2. The van der Waals surface area contributed by atoms with Gasteiger partial charge in [0.25, 0.3) is 5.91 Å². The van der Waals surface area contributed by atoms with E-state index in [0.29, 0.717) is 17.7 Å². The smallest absolute Gasteiger partial charge is 0.251 e. The molecule has 4 nitrogen and oxygen atoms in total. The minimum absolute atomic E-state index is 0.0131. The van der Waals surface area contributed by atoms with Crippen molar-refractivity contribution in [3.05, 3.63) is 76.1 Å². The van der Waals surface area contributed by atoms with Crippen LogP contribution < -0.4 is 5.32 Å². The van der Waals surface area contributed by atoms with Gasteiger partial charge in [0.15, 0.2) is 0 Å². The first-order chi connectivity index (χ1) is 11.9. The molecule has 0 aliphatic rings. The highest BCUT2D eigenvalue weighted by Gasteiger charge is 2.08. The highest BCUT2D eigenvalue weighted by atomic mass is 35.5. The van der Waals surface area contributed by atoms with Gasteiger partial charge in [-0.15, -0.1) is 0 Å². The van der Waals surface area contributed by atoms with E-state index in [1.54, 1.807) is 50.5 Å². The van der Waals surface area contributed by atoms with Crippen LogP contribution in [0.25, 0.3) is 6.08 Å². The third-order valence-electron chi connectivity index (χ3n) is 3.60. The van der Waals surface area contributed by atoms with Crippen molar-refractivity contribution in [1.82, 2.24) is 10.2 Å². The van der Waals surface area contributed by atoms with E-state index >= 15 is 0 Å². The molecule has 0 aliphatic carbocycles. The van der Waals surface area contributed by atoms with Gasteiger partial charge in [0, 0.05) is 32.3 Å². The second-order valence-electron chi connectivity index (χ2n) is 5.48. The highest BCUT2D eigenvalue weighted by Crippen LogP contribution is 2.17. The summed E-state index contributed by atoms with van der Waals surface area (Å²) in [7, 11) is 3.25. The molecular formula is C19H18ClFN2O2. The van der Waals surface area contributed by atoms with Crippen LogP contribution in [0, 0.1) is 5.82 Å². The van der Waals surface area contributed by atoms with Crippen LogP contribution in [0.1, 0.15) is 21.5 Å². The molecule has 0 heterocycles. The Morgan fingerprint density at radius 2 is 1.88 bits per heavy atom. The molecule has 2 amide bonds. The van der Waals surface area contributed by atoms with Crippen LogP contribution in [0.3, 0.4) is 0 Å². The van der Waals surface area contributed by atoms with Gasteiger partial charge in [-0.25, -0.2) is 4.39 Å². The number of likely N-dealkylation sites (N-methyl/N-ethyl adjacent to an activating group) is 1. The fourth-order valence-corrected chi connectivity index (χ4v) is 2.36. The van der Waals surface area contributed by atoms with E-state index in [0.717, 1.165) is 5.56 Å². The first-order valence-electron chi connectivity index (χ1n) is 7.60. The van der Waals surface area contributed by atoms with E-state index in [4.69, 9.17) is 11.6 Å². The van der Waals surface area contributed by atoms with E-state index in [2.05, 4.69) is 5.32 Å². The number of carbonyl (C=O) groups is 2. The molecule has 0 saturated carbocycles. The van der Waals surface area contributed by atoms with Gasteiger partial charge < -0.3 is 10.2 Å². The summed E-state index contributed by atoms with van der Waals surface area (Å²) in [5.74, 6) is -0.852. The summed E-state index contributed by atoms with van der Waals surface area (Å²) in [6.07, 6.45) is 2.99. The zero-order valence-corrected chi connectivity index (χ0v) is 14.7. The molecule has 6 heteroatoms. The van der Waals surface area contributed by atoms with Crippen molar-refractivity contribution >= 4 is 29.5 Å². The fourth-order valence-electron chi connectivity index (χ4n) is 2.17. The normalized spacial score (nSPS) is 10.7. The summed E-state index contributed by atoms with van der Waals surface area (Å²) in [6.45, 7) is 0.404. The third-order valence-corrected chi connectivity index (χ3v) is 3.89. The van der Waals surface area contributed by atoms with Gasteiger partial charge in [-0.1, -0.05) is 29.8 Å². The van der Waals surface area contributed by atoms with Gasteiger partial charge in [-0.05, 0) is 41.5 Å². The number of carbonyl (C=O) groups excluding carboxylic acids is 2. The summed E-state index contributed by atoms with van der Waals surface area (Å²) in [5, 5.41) is 2.57. The monoisotopic (exact) mass is 360 g/mol. The molecule has 2 aromatic carbocycles. The summed E-state index contributed by atoms with van der Waals surface area (Å²) in [6, 6.07) is 11.3. The molecule has 25 heavy (non-hydrogen) atoms. The van der Waals surface area contributed by atoms with Gasteiger partial charge in [-0.2, -0.15) is 0 Å². The van der Waals surface area contributed by atoms with Crippen molar-refractivity contribution in [2.45, 2.75) is 6.54 Å². The Hall–Kier alpha value is -2.66. The number of halogens is 2. The lowest BCUT2D eigenvalue weighted by Gasteiger charge is -2.15. The van der Waals surface area contributed by atoms with Gasteiger partial charge in [0.05, 0.1) is 5.02 Å². The fraction of sp³-hybridized carbons (Fsp3) is 0.158. The van der Waals surface area contributed by atoms with E-state index in [-0.39, 0.29) is 16.8 Å². The molecule has 0 fully saturated rings. The predicted molar refractivity (Wildman–Crippen MR) is 96.8 cm³/mol. The number of nitrogens with one attached hydrogen (secondary N) is 1. The molecule has 2 aromatic rings. The van der Waals surface area contributed by atoms with Gasteiger partial charge in [0.1, 0.15) is 5.82 Å². The summed E-state index contributed by atoms with van der Waals surface area (Å²) >= 11 is 5.71. The van der Waals surface area contributed by atoms with Crippen molar-refractivity contribution < 1.29 is 14.0 Å². The van der Waals surface area contributed by atoms with Gasteiger partial charge in [-0.3, -0.25) is 9.59 Å². The predicted octanol–water partition coefficient (Wildman–Crippen LogP) is 3.51. The SMILES string of the molecule is CNC(=O)c1ccc(CN(C)C(=O)C=Cc2ccc(F)c(Cl)c2)cc1. The lowest BCUT2D eigenvalue weighted by molar-refractivity contribution is -0.125. The zero-order valence-electron chi connectivity index (χ0n) is 13.9. The van der Waals surface area contributed by atoms with Crippen molar-refractivity contribution in [2.24, 2.45) is 0 Å². The quantitative estimate of drug-likeness (QED) is 0.829. The van der Waals surface area contributed by atoms with Crippen molar-refractivity contribution in [3.63, 3.8) is 0 Å². The Morgan fingerprint density at radius 1 is 1.20 bits per heavy atom. The average Bonchev–Trinajstić information content (AvgIpc) is 2.62. The van der Waals surface area contributed by atoms with Crippen LogP contribution >= 0.6 is 11.6 Å². The molecule has 0 aromatic heterocycles. The maximum Gasteiger partial charge on any atom is 0.251 e. The lowest BCUT2D eigenvalue weighted by Crippen LogP contribution is -2.24. The molecule has 0 saturated heterocycles. The van der Waals surface area contributed by atoms with E-state index in [1.807, 2.05) is 0 Å². The number of benzene rings is 2. The van der Waals surface area contributed by atoms with Crippen LogP contribution in [-0.2, 0) is 11.3 Å². The number of amides is 2. The first kappa shape index (κ1) is 18.7. The molecular weight excluding hydrogens is 343 g/mol. The molecule has 130 valence electrons. The van der Waals surface area contributed by atoms with E-state index in [1.165, 1.54) is 23.1 Å². The molecule has 0 atom stereocenters. The average molecular weight is 361 g/mol. The highest BCUT2D eigenvalue weighted by molar-refractivity contribution is 6.30. The molecule has 0 unspecified atom stereocenters. The Balaban J connectivity index is 1.98. The minimum Gasteiger partial charge on any atom is -0.355 e. The number of hydrogen-bond donors (Lipinski definition) is 1. The minimum atomic E-state index is -0.498. The molecule has 0 bridgehead atoms. The van der Waals surface area contributed by atoms with Crippen LogP contribution in [-0.4, -0.2) is 30.8 Å². The zero-order chi connectivity index (χ0) is 18.4. The molecule has 0 aliphatic heterocycles. The maximum absolute atomic E-state index is 13.1. The summed E-state index contributed by atoms with van der Waals surface area (Å²) in [4.78, 5) is 25.2. The largest absolute Gasteiger partial charge is 0.355 e. The molecule has 0 spiro atoms. The Morgan fingerprint density at radius 3 is 2.48 bits per heavy atom. The standard InChI is InChI=1S/C19H18ClFN2O2/c1-22-19(25)15-7-3-14(4-8-15)12-23(2)18(24)10-6-13-5-9-17(21)16(20)11-13/h3-11H,12H2,1-2H3,(H,22,25). The van der Waals surface area contributed by atoms with Crippen molar-refractivity contribution in [3.8, 4) is 0 Å². The Bertz CT molecular complexity index is 804. The lowest BCUT2D eigenvalue weighted by atomic mass is 10.1. The molecule has 0 radical (unpaired) electrons. The Labute approximate surface area is 150 Å². The first-order valence-corrected chi connectivity index (χ1v) is 7.97. The maximum atomic E-state index is 13.1. The third kappa shape index (κ3) is 5.16. The van der Waals surface area contributed by atoms with E-state index in [9.17, 15) is 14.0 Å². The van der Waals surface area contributed by atoms with Crippen LogP contribution in [0.5, 0.6) is 0 Å². The molecule has 1 N–H and O–H groups in total. The summed E-state index contributed by atoms with van der Waals surface area (Å²) in [5.41, 5.74) is 2.11. The Kier molecular flexibility index (Phi) is 6.31. The topological polar surface area (TPSA) is 49.4 Å². The van der Waals surface area contributed by atoms with Crippen LogP contribution in [0.15, 0.2) is 48.5 Å². The van der Waals surface area contributed by atoms with Crippen molar-refractivity contribution in [1.29, 1.82) is 0 Å². The number of rotatable bonds is 5.